The molecule has 1 saturated carbocycles. The summed E-state index contributed by atoms with van der Waals surface area (Å²) in [5.74, 6) is -1.67. The lowest BCUT2D eigenvalue weighted by Gasteiger charge is -2.23. The first-order valence-electron chi connectivity index (χ1n) is 6.47. The second kappa shape index (κ2) is 7.52. The highest BCUT2D eigenvalue weighted by atomic mass is 16.5. The lowest BCUT2D eigenvalue weighted by Crippen LogP contribution is -2.49. The summed E-state index contributed by atoms with van der Waals surface area (Å²) in [6.45, 7) is 3.95. The van der Waals surface area contributed by atoms with Gasteiger partial charge in [-0.25, -0.2) is 9.59 Å². The molecule has 1 rings (SSSR count). The summed E-state index contributed by atoms with van der Waals surface area (Å²) >= 11 is 0. The molecule has 1 aliphatic carbocycles. The van der Waals surface area contributed by atoms with Gasteiger partial charge in [0.15, 0.2) is 0 Å². The molecule has 0 unspecified atom stereocenters. The van der Waals surface area contributed by atoms with Crippen LogP contribution in [0.4, 0.5) is 4.79 Å². The molecule has 0 bridgehead atoms. The van der Waals surface area contributed by atoms with E-state index >= 15 is 0 Å². The van der Waals surface area contributed by atoms with Crippen LogP contribution in [-0.2, 0) is 14.3 Å². The average Bonchev–Trinajstić information content (AvgIpc) is 3.23. The number of amides is 2. The fraction of sp³-hybridized carbons (Fsp3) is 0.615. The summed E-state index contributed by atoms with van der Waals surface area (Å²) in [7, 11) is 1.23. The van der Waals surface area contributed by atoms with Crippen LogP contribution in [0.3, 0.4) is 0 Å². The van der Waals surface area contributed by atoms with Crippen LogP contribution < -0.4 is 5.32 Å². The van der Waals surface area contributed by atoms with Crippen molar-refractivity contribution in [2.75, 3.05) is 13.7 Å². The molecule has 1 atom stereocenters. The van der Waals surface area contributed by atoms with E-state index in [1.165, 1.54) is 7.11 Å². The van der Waals surface area contributed by atoms with Gasteiger partial charge in [0.2, 0.25) is 0 Å². The van der Waals surface area contributed by atoms with Crippen molar-refractivity contribution in [3.05, 3.63) is 12.7 Å². The zero-order chi connectivity index (χ0) is 15.1. The number of nitrogens with zero attached hydrogens (tertiary/aromatic N) is 1. The highest BCUT2D eigenvalue weighted by molar-refractivity contribution is 5.83. The minimum absolute atomic E-state index is 0.000340. The number of hydrogen-bond donors (Lipinski definition) is 2. The molecule has 7 heteroatoms. The van der Waals surface area contributed by atoms with Gasteiger partial charge in [-0.3, -0.25) is 4.79 Å². The maximum atomic E-state index is 12.0. The van der Waals surface area contributed by atoms with Gasteiger partial charge in [-0.15, -0.1) is 6.58 Å². The number of urea groups is 1. The Labute approximate surface area is 117 Å². The van der Waals surface area contributed by atoms with Gasteiger partial charge in [0, 0.05) is 19.0 Å². The number of esters is 1. The molecule has 0 aliphatic heterocycles. The van der Waals surface area contributed by atoms with Crippen molar-refractivity contribution in [1.82, 2.24) is 10.2 Å². The largest absolute Gasteiger partial charge is 0.480 e. The molecule has 0 saturated heterocycles. The molecule has 2 N–H and O–H groups in total. The minimum atomic E-state index is -1.17. The zero-order valence-corrected chi connectivity index (χ0v) is 11.5. The van der Waals surface area contributed by atoms with Crippen molar-refractivity contribution in [2.24, 2.45) is 0 Å². The summed E-state index contributed by atoms with van der Waals surface area (Å²) in [5.41, 5.74) is 0. The van der Waals surface area contributed by atoms with E-state index in [0.29, 0.717) is 6.54 Å². The standard InChI is InChI=1S/C13H20N2O5/c1-3-8-15(9-4-5-9)13(19)14-10(12(17)18)6-7-11(16)20-2/h3,9-10H,1,4-8H2,2H3,(H,14,19)(H,17,18)/t10-/m0/s1. The predicted molar refractivity (Wildman–Crippen MR) is 71.1 cm³/mol. The van der Waals surface area contributed by atoms with Gasteiger partial charge in [-0.05, 0) is 19.3 Å². The molecule has 0 radical (unpaired) electrons. The van der Waals surface area contributed by atoms with Gasteiger partial charge in [0.1, 0.15) is 6.04 Å². The molecule has 1 fully saturated rings. The van der Waals surface area contributed by atoms with E-state index in [9.17, 15) is 14.4 Å². The Morgan fingerprint density at radius 3 is 2.60 bits per heavy atom. The van der Waals surface area contributed by atoms with Crippen LogP contribution in [-0.4, -0.2) is 53.7 Å². The molecule has 0 heterocycles. The fourth-order valence-electron chi connectivity index (χ4n) is 1.78. The van der Waals surface area contributed by atoms with E-state index in [4.69, 9.17) is 5.11 Å². The topological polar surface area (TPSA) is 95.9 Å². The van der Waals surface area contributed by atoms with E-state index in [1.807, 2.05) is 0 Å². The maximum Gasteiger partial charge on any atom is 0.326 e. The van der Waals surface area contributed by atoms with E-state index in [0.717, 1.165) is 12.8 Å². The summed E-state index contributed by atoms with van der Waals surface area (Å²) in [6.07, 6.45) is 3.38. The van der Waals surface area contributed by atoms with Gasteiger partial charge >= 0.3 is 18.0 Å². The minimum Gasteiger partial charge on any atom is -0.480 e. The Hall–Kier alpha value is -2.05. The molecule has 0 aromatic carbocycles. The first-order valence-corrected chi connectivity index (χ1v) is 6.47. The molecule has 0 aromatic heterocycles. The van der Waals surface area contributed by atoms with Crippen molar-refractivity contribution < 1.29 is 24.2 Å². The number of carbonyl (C=O) groups excluding carboxylic acids is 2. The number of rotatable bonds is 8. The van der Waals surface area contributed by atoms with Gasteiger partial charge in [0.25, 0.3) is 0 Å². The van der Waals surface area contributed by atoms with Crippen molar-refractivity contribution >= 4 is 18.0 Å². The van der Waals surface area contributed by atoms with E-state index in [-0.39, 0.29) is 18.9 Å². The van der Waals surface area contributed by atoms with Gasteiger partial charge < -0.3 is 20.1 Å². The molecule has 2 amide bonds. The Balaban J connectivity index is 2.54. The van der Waals surface area contributed by atoms with E-state index in [1.54, 1.807) is 11.0 Å². The van der Waals surface area contributed by atoms with Crippen LogP contribution in [0.1, 0.15) is 25.7 Å². The number of carboxylic acids is 1. The smallest absolute Gasteiger partial charge is 0.326 e. The highest BCUT2D eigenvalue weighted by Crippen LogP contribution is 2.26. The zero-order valence-electron chi connectivity index (χ0n) is 11.5. The Kier molecular flexibility index (Phi) is 6.02. The maximum absolute atomic E-state index is 12.0. The van der Waals surface area contributed by atoms with Crippen LogP contribution in [0, 0.1) is 0 Å². The molecule has 7 nitrogen and oxygen atoms in total. The van der Waals surface area contributed by atoms with Crippen LogP contribution in [0.15, 0.2) is 12.7 Å². The SMILES string of the molecule is C=CCN(C(=O)N[C@@H](CCC(=O)OC)C(=O)O)C1CC1. The van der Waals surface area contributed by atoms with Gasteiger partial charge in [-0.1, -0.05) is 6.08 Å². The third kappa shape index (κ3) is 4.91. The quantitative estimate of drug-likeness (QED) is 0.506. The number of hydrogen-bond acceptors (Lipinski definition) is 4. The second-order valence-corrected chi connectivity index (χ2v) is 4.63. The molecule has 1 aliphatic rings. The molecule has 0 spiro atoms. The van der Waals surface area contributed by atoms with Gasteiger partial charge in [0.05, 0.1) is 7.11 Å². The highest BCUT2D eigenvalue weighted by Gasteiger charge is 2.33. The molecule has 112 valence electrons. The predicted octanol–water partition coefficient (Wildman–Crippen LogP) is 0.753. The average molecular weight is 284 g/mol. The number of aliphatic carboxylic acids is 1. The van der Waals surface area contributed by atoms with Crippen molar-refractivity contribution in [3.8, 4) is 0 Å². The number of nitrogens with one attached hydrogen (secondary N) is 1. The molecule has 0 aromatic rings. The first kappa shape index (κ1) is 16.0. The van der Waals surface area contributed by atoms with Crippen LogP contribution >= 0.6 is 0 Å². The van der Waals surface area contributed by atoms with Gasteiger partial charge in [-0.2, -0.15) is 0 Å². The first-order chi connectivity index (χ1) is 9.49. The Morgan fingerprint density at radius 2 is 2.15 bits per heavy atom. The summed E-state index contributed by atoms with van der Waals surface area (Å²) in [5, 5.41) is 11.5. The van der Waals surface area contributed by atoms with Crippen LogP contribution in [0.5, 0.6) is 0 Å². The summed E-state index contributed by atoms with van der Waals surface area (Å²) in [4.78, 5) is 35.7. The molecular formula is C13H20N2O5. The lowest BCUT2D eigenvalue weighted by molar-refractivity contribution is -0.142. The second-order valence-electron chi connectivity index (χ2n) is 4.63. The fourth-order valence-corrected chi connectivity index (χ4v) is 1.78. The van der Waals surface area contributed by atoms with Crippen molar-refractivity contribution in [1.29, 1.82) is 0 Å². The van der Waals surface area contributed by atoms with Crippen molar-refractivity contribution in [2.45, 2.75) is 37.8 Å². The number of carboxylic acid groups (broad SMARTS) is 1. The van der Waals surface area contributed by atoms with E-state index in [2.05, 4.69) is 16.6 Å². The lowest BCUT2D eigenvalue weighted by atomic mass is 10.1. The van der Waals surface area contributed by atoms with Crippen LogP contribution in [0.25, 0.3) is 0 Å². The summed E-state index contributed by atoms with van der Waals surface area (Å²) < 4.78 is 4.45. The number of ether oxygens (including phenoxy) is 1. The van der Waals surface area contributed by atoms with Crippen molar-refractivity contribution in [3.63, 3.8) is 0 Å². The van der Waals surface area contributed by atoms with E-state index < -0.39 is 24.0 Å². The molecule has 20 heavy (non-hydrogen) atoms. The van der Waals surface area contributed by atoms with Crippen LogP contribution in [0.2, 0.25) is 0 Å². The number of carbonyl (C=O) groups is 3. The Bertz CT molecular complexity index is 392. The summed E-state index contributed by atoms with van der Waals surface area (Å²) in [6, 6.07) is -1.39. The number of methoxy groups -OCH3 is 1. The third-order valence-electron chi connectivity index (χ3n) is 3.03. The molecular weight excluding hydrogens is 264 g/mol. The Morgan fingerprint density at radius 1 is 1.50 bits per heavy atom. The monoisotopic (exact) mass is 284 g/mol. The normalized spacial score (nSPS) is 15.1. The third-order valence-corrected chi connectivity index (χ3v) is 3.03.